The minimum atomic E-state index is -1.16. The molecular weight excluding hydrogens is 454 g/mol. The van der Waals surface area contributed by atoms with Gasteiger partial charge in [0.15, 0.2) is 5.78 Å². The molecule has 1 aliphatic carbocycles. The summed E-state index contributed by atoms with van der Waals surface area (Å²) in [5.74, 6) is -2.14. The Labute approximate surface area is 214 Å². The summed E-state index contributed by atoms with van der Waals surface area (Å²) in [6.45, 7) is 12.0. The summed E-state index contributed by atoms with van der Waals surface area (Å²) in [6.07, 6.45) is 13.8. The number of hydrogen-bond acceptors (Lipinski definition) is 6. The number of ketones is 1. The molecule has 3 rings (SSSR count). The Kier molecular flexibility index (Phi) is 9.05. The maximum absolute atomic E-state index is 12.5. The van der Waals surface area contributed by atoms with Crippen molar-refractivity contribution in [1.29, 1.82) is 5.26 Å². The van der Waals surface area contributed by atoms with Crippen LogP contribution in [0.25, 0.3) is 0 Å². The van der Waals surface area contributed by atoms with Crippen LogP contribution < -0.4 is 0 Å². The third-order valence-electron chi connectivity index (χ3n) is 6.57. The Bertz CT molecular complexity index is 1120. The van der Waals surface area contributed by atoms with E-state index < -0.39 is 17.9 Å². The fourth-order valence-corrected chi connectivity index (χ4v) is 4.85. The van der Waals surface area contributed by atoms with E-state index in [9.17, 15) is 14.9 Å². The van der Waals surface area contributed by atoms with Gasteiger partial charge in [-0.1, -0.05) is 28.9 Å². The molecule has 3 aliphatic rings. The van der Waals surface area contributed by atoms with E-state index in [1.807, 2.05) is 31.2 Å². The highest BCUT2D eigenvalue weighted by Gasteiger charge is 2.45. The number of carbonyl (C=O) groups excluding carboxylic acids is 2. The van der Waals surface area contributed by atoms with E-state index in [4.69, 9.17) is 14.2 Å². The standard InChI is InChI=1S/C30H37NO5/c1-7-34-29(33)24(18-31)14-23-17-30(36-28-13-22(6)27(32)15-26(23)28)16-21(5)12-25(35-30)11-20(4)10-8-9-19(2)3/h9,11,13-14,16-17,25-26,28H,7-8,10,12,15H2,1-6H3/b20-11+,24-14+/t25-,26-,28-,30+/m1/s1. The van der Waals surface area contributed by atoms with E-state index in [1.165, 1.54) is 17.2 Å². The molecule has 0 aromatic carbocycles. The van der Waals surface area contributed by atoms with Crippen LogP contribution >= 0.6 is 0 Å². The van der Waals surface area contributed by atoms with Gasteiger partial charge in [-0.25, -0.2) is 4.79 Å². The number of hydrogen-bond donors (Lipinski definition) is 0. The Balaban J connectivity index is 2.00. The van der Waals surface area contributed by atoms with Crippen molar-refractivity contribution in [2.45, 2.75) is 85.2 Å². The second-order valence-electron chi connectivity index (χ2n) is 10.1. The maximum atomic E-state index is 12.5. The van der Waals surface area contributed by atoms with Gasteiger partial charge in [-0.05, 0) is 96.3 Å². The number of esters is 1. The molecule has 4 atom stereocenters. The summed E-state index contributed by atoms with van der Waals surface area (Å²) in [7, 11) is 0. The molecular formula is C30H37NO5. The van der Waals surface area contributed by atoms with Crippen LogP contribution in [0.2, 0.25) is 0 Å². The largest absolute Gasteiger partial charge is 0.462 e. The SMILES string of the molecule is CCOC(=O)/C(C#N)=C/C1=C[C@]2(C=C(C)C[C@@H](/C=C(\C)CCC=C(C)C)O2)O[C@@H]2C=C(C)C(=O)C[C@H]12. The summed E-state index contributed by atoms with van der Waals surface area (Å²) in [5.41, 5.74) is 4.87. The Morgan fingerprint density at radius 1 is 1.22 bits per heavy atom. The van der Waals surface area contributed by atoms with Crippen LogP contribution in [-0.4, -0.2) is 36.4 Å². The van der Waals surface area contributed by atoms with Gasteiger partial charge in [0.25, 0.3) is 0 Å². The summed E-state index contributed by atoms with van der Waals surface area (Å²) < 4.78 is 18.1. The molecule has 0 bridgehead atoms. The van der Waals surface area contributed by atoms with Gasteiger partial charge in [0.2, 0.25) is 5.79 Å². The minimum absolute atomic E-state index is 0.0221. The van der Waals surface area contributed by atoms with Crippen molar-refractivity contribution in [2.75, 3.05) is 6.61 Å². The Morgan fingerprint density at radius 3 is 2.64 bits per heavy atom. The summed E-state index contributed by atoms with van der Waals surface area (Å²) in [6, 6.07) is 1.95. The zero-order valence-electron chi connectivity index (χ0n) is 22.2. The highest BCUT2D eigenvalue weighted by Crippen LogP contribution is 2.43. The first-order valence-electron chi connectivity index (χ1n) is 12.6. The molecule has 6 heteroatoms. The van der Waals surface area contributed by atoms with Crippen molar-refractivity contribution >= 4 is 11.8 Å². The fourth-order valence-electron chi connectivity index (χ4n) is 4.85. The van der Waals surface area contributed by atoms with Gasteiger partial charge in [-0.3, -0.25) is 4.79 Å². The van der Waals surface area contributed by atoms with Gasteiger partial charge in [-0.15, -0.1) is 0 Å². The van der Waals surface area contributed by atoms with Crippen LogP contribution in [0.3, 0.4) is 0 Å². The molecule has 0 unspecified atom stereocenters. The van der Waals surface area contributed by atoms with Crippen molar-refractivity contribution in [3.8, 4) is 6.07 Å². The van der Waals surface area contributed by atoms with E-state index in [-0.39, 0.29) is 36.4 Å². The van der Waals surface area contributed by atoms with E-state index in [0.717, 1.165) is 24.8 Å². The lowest BCUT2D eigenvalue weighted by molar-refractivity contribution is -0.223. The van der Waals surface area contributed by atoms with Crippen LogP contribution in [0.1, 0.15) is 67.2 Å². The Morgan fingerprint density at radius 2 is 1.97 bits per heavy atom. The predicted molar refractivity (Wildman–Crippen MR) is 139 cm³/mol. The lowest BCUT2D eigenvalue weighted by atomic mass is 9.78. The number of nitrogens with zero attached hydrogens (tertiary/aromatic N) is 1. The molecule has 0 saturated heterocycles. The fraction of sp³-hybridized carbons (Fsp3) is 0.500. The molecule has 6 nitrogen and oxygen atoms in total. The predicted octanol–water partition coefficient (Wildman–Crippen LogP) is 5.98. The normalized spacial score (nSPS) is 28.4. The third kappa shape index (κ3) is 6.81. The molecule has 0 amide bonds. The van der Waals surface area contributed by atoms with E-state index in [1.54, 1.807) is 13.8 Å². The number of carbonyl (C=O) groups is 2. The van der Waals surface area contributed by atoms with Crippen LogP contribution in [-0.2, 0) is 23.8 Å². The monoisotopic (exact) mass is 491 g/mol. The number of ether oxygens (including phenoxy) is 3. The second kappa shape index (κ2) is 11.8. The topological polar surface area (TPSA) is 85.6 Å². The van der Waals surface area contributed by atoms with Crippen molar-refractivity contribution in [2.24, 2.45) is 5.92 Å². The van der Waals surface area contributed by atoms with Crippen molar-refractivity contribution in [3.05, 3.63) is 69.9 Å². The Hall–Kier alpha value is -3.01. The van der Waals surface area contributed by atoms with Crippen molar-refractivity contribution < 1.29 is 23.8 Å². The highest BCUT2D eigenvalue weighted by molar-refractivity contribution is 5.97. The molecule has 2 aliphatic heterocycles. The summed E-state index contributed by atoms with van der Waals surface area (Å²) in [5, 5.41) is 9.62. The first-order valence-corrected chi connectivity index (χ1v) is 12.6. The van der Waals surface area contributed by atoms with Gasteiger partial charge >= 0.3 is 5.97 Å². The third-order valence-corrected chi connectivity index (χ3v) is 6.57. The highest BCUT2D eigenvalue weighted by atomic mass is 16.7. The molecule has 0 fully saturated rings. The molecule has 192 valence electrons. The first kappa shape index (κ1) is 27.6. The van der Waals surface area contributed by atoms with E-state index in [2.05, 4.69) is 32.9 Å². The number of allylic oxidation sites excluding steroid dienone is 5. The quantitative estimate of drug-likeness (QED) is 0.188. The number of Topliss-reactive ketones (excluding diaryl/α,β-unsaturated/α-hetero) is 1. The first-order chi connectivity index (χ1) is 17.1. The summed E-state index contributed by atoms with van der Waals surface area (Å²) >= 11 is 0. The van der Waals surface area contributed by atoms with Gasteiger partial charge < -0.3 is 14.2 Å². The van der Waals surface area contributed by atoms with Crippen LogP contribution in [0, 0.1) is 17.2 Å². The van der Waals surface area contributed by atoms with E-state index in [0.29, 0.717) is 11.1 Å². The molecule has 1 spiro atoms. The number of nitriles is 1. The molecule has 0 aromatic heterocycles. The van der Waals surface area contributed by atoms with Gasteiger partial charge in [0, 0.05) is 12.3 Å². The van der Waals surface area contributed by atoms with E-state index >= 15 is 0 Å². The number of fused-ring (bicyclic) bond motifs is 1. The zero-order valence-corrected chi connectivity index (χ0v) is 22.2. The molecule has 0 N–H and O–H groups in total. The van der Waals surface area contributed by atoms with Crippen molar-refractivity contribution in [1.82, 2.24) is 0 Å². The average molecular weight is 492 g/mol. The lowest BCUT2D eigenvalue weighted by Crippen LogP contribution is -2.48. The second-order valence-corrected chi connectivity index (χ2v) is 10.1. The molecule has 0 aromatic rings. The minimum Gasteiger partial charge on any atom is -0.462 e. The van der Waals surface area contributed by atoms with Gasteiger partial charge in [-0.2, -0.15) is 5.26 Å². The van der Waals surface area contributed by atoms with Crippen LogP contribution in [0.5, 0.6) is 0 Å². The molecule has 0 radical (unpaired) electrons. The lowest BCUT2D eigenvalue weighted by Gasteiger charge is -2.45. The van der Waals surface area contributed by atoms with Crippen molar-refractivity contribution in [3.63, 3.8) is 0 Å². The molecule has 0 saturated carbocycles. The van der Waals surface area contributed by atoms with Gasteiger partial charge in [0.05, 0.1) is 18.8 Å². The number of rotatable bonds is 7. The molecule has 36 heavy (non-hydrogen) atoms. The van der Waals surface area contributed by atoms with Gasteiger partial charge in [0.1, 0.15) is 11.6 Å². The average Bonchev–Trinajstić information content (AvgIpc) is 2.78. The smallest absolute Gasteiger partial charge is 0.348 e. The molecule has 2 heterocycles. The van der Waals surface area contributed by atoms with Crippen LogP contribution in [0.15, 0.2) is 69.9 Å². The zero-order chi connectivity index (χ0) is 26.5. The summed E-state index contributed by atoms with van der Waals surface area (Å²) in [4.78, 5) is 24.9. The maximum Gasteiger partial charge on any atom is 0.348 e. The van der Waals surface area contributed by atoms with Crippen LogP contribution in [0.4, 0.5) is 0 Å².